The minimum atomic E-state index is 0.0427. The van der Waals surface area contributed by atoms with Crippen LogP contribution in [0.3, 0.4) is 0 Å². The van der Waals surface area contributed by atoms with Crippen molar-refractivity contribution in [1.82, 2.24) is 4.98 Å². The molecule has 1 rings (SSSR count). The van der Waals surface area contributed by atoms with Crippen LogP contribution in [0.25, 0.3) is 0 Å². The van der Waals surface area contributed by atoms with E-state index in [-0.39, 0.29) is 5.78 Å². The Hall–Kier alpha value is -1.42. The Morgan fingerprint density at radius 3 is 2.75 bits per heavy atom. The molecule has 0 radical (unpaired) electrons. The third-order valence-electron chi connectivity index (χ3n) is 2.39. The van der Waals surface area contributed by atoms with Crippen molar-refractivity contribution in [2.75, 3.05) is 32.2 Å². The minimum Gasteiger partial charge on any atom is -0.385 e. The van der Waals surface area contributed by atoms with Gasteiger partial charge in [-0.1, -0.05) is 0 Å². The number of rotatable bonds is 6. The van der Waals surface area contributed by atoms with Crippen LogP contribution in [0.15, 0.2) is 18.3 Å². The van der Waals surface area contributed by atoms with E-state index in [0.29, 0.717) is 5.56 Å². The molecule has 0 fully saturated rings. The molecule has 0 N–H and O–H groups in total. The van der Waals surface area contributed by atoms with Crippen molar-refractivity contribution in [2.24, 2.45) is 0 Å². The molecule has 0 spiro atoms. The normalized spacial score (nSPS) is 10.2. The Morgan fingerprint density at radius 1 is 1.50 bits per heavy atom. The highest BCUT2D eigenvalue weighted by molar-refractivity contribution is 5.93. The second-order valence-corrected chi connectivity index (χ2v) is 3.73. The first-order valence-electron chi connectivity index (χ1n) is 5.32. The van der Waals surface area contributed by atoms with Crippen LogP contribution in [0.5, 0.6) is 0 Å². The van der Waals surface area contributed by atoms with Crippen molar-refractivity contribution in [3.8, 4) is 0 Å². The SMILES string of the molecule is COCCCN(C)c1ccc(C(C)=O)cn1. The molecule has 0 bridgehead atoms. The Labute approximate surface area is 96.2 Å². The maximum Gasteiger partial charge on any atom is 0.161 e. The van der Waals surface area contributed by atoms with Gasteiger partial charge in [0.15, 0.2) is 5.78 Å². The molecule has 4 nitrogen and oxygen atoms in total. The summed E-state index contributed by atoms with van der Waals surface area (Å²) in [5, 5.41) is 0. The molecule has 0 amide bonds. The van der Waals surface area contributed by atoms with Gasteiger partial charge in [0, 0.05) is 39.1 Å². The first kappa shape index (κ1) is 12.6. The zero-order valence-corrected chi connectivity index (χ0v) is 10.1. The fourth-order valence-corrected chi connectivity index (χ4v) is 1.38. The van der Waals surface area contributed by atoms with Gasteiger partial charge in [0.2, 0.25) is 0 Å². The van der Waals surface area contributed by atoms with Crippen LogP contribution in [-0.2, 0) is 4.74 Å². The molecule has 16 heavy (non-hydrogen) atoms. The van der Waals surface area contributed by atoms with Gasteiger partial charge in [0.1, 0.15) is 5.82 Å². The van der Waals surface area contributed by atoms with E-state index in [1.165, 1.54) is 0 Å². The smallest absolute Gasteiger partial charge is 0.161 e. The predicted molar refractivity (Wildman–Crippen MR) is 64.0 cm³/mol. The molecular weight excluding hydrogens is 204 g/mol. The van der Waals surface area contributed by atoms with E-state index >= 15 is 0 Å². The fourth-order valence-electron chi connectivity index (χ4n) is 1.38. The van der Waals surface area contributed by atoms with Gasteiger partial charge in [-0.2, -0.15) is 0 Å². The molecule has 4 heteroatoms. The molecule has 88 valence electrons. The van der Waals surface area contributed by atoms with Gasteiger partial charge < -0.3 is 9.64 Å². The Balaban J connectivity index is 2.56. The van der Waals surface area contributed by atoms with Crippen LogP contribution >= 0.6 is 0 Å². The summed E-state index contributed by atoms with van der Waals surface area (Å²) in [5.74, 6) is 0.919. The molecule has 0 unspecified atom stereocenters. The number of hydrogen-bond donors (Lipinski definition) is 0. The molecule has 1 aromatic rings. The van der Waals surface area contributed by atoms with Crippen LogP contribution in [0.2, 0.25) is 0 Å². The van der Waals surface area contributed by atoms with Crippen LogP contribution in [0.1, 0.15) is 23.7 Å². The number of Topliss-reactive ketones (excluding diaryl/α,β-unsaturated/α-hetero) is 1. The Bertz CT molecular complexity index is 335. The van der Waals surface area contributed by atoms with Crippen LogP contribution in [0.4, 0.5) is 5.82 Å². The van der Waals surface area contributed by atoms with Crippen molar-refractivity contribution in [1.29, 1.82) is 0 Å². The molecule has 0 aliphatic heterocycles. The van der Waals surface area contributed by atoms with Gasteiger partial charge in [0.05, 0.1) is 0 Å². The highest BCUT2D eigenvalue weighted by Crippen LogP contribution is 2.10. The maximum atomic E-state index is 11.1. The topological polar surface area (TPSA) is 42.4 Å². The average Bonchev–Trinajstić information content (AvgIpc) is 2.29. The number of carbonyl (C=O) groups excluding carboxylic acids is 1. The van der Waals surface area contributed by atoms with Crippen molar-refractivity contribution in [3.63, 3.8) is 0 Å². The summed E-state index contributed by atoms with van der Waals surface area (Å²) < 4.78 is 4.99. The highest BCUT2D eigenvalue weighted by atomic mass is 16.5. The number of carbonyl (C=O) groups is 1. The lowest BCUT2D eigenvalue weighted by atomic mass is 10.2. The van der Waals surface area contributed by atoms with Crippen molar-refractivity contribution in [3.05, 3.63) is 23.9 Å². The van der Waals surface area contributed by atoms with Gasteiger partial charge in [-0.05, 0) is 25.5 Å². The number of anilines is 1. The third-order valence-corrected chi connectivity index (χ3v) is 2.39. The van der Waals surface area contributed by atoms with Gasteiger partial charge in [-0.3, -0.25) is 4.79 Å². The van der Waals surface area contributed by atoms with E-state index in [1.54, 1.807) is 26.3 Å². The van der Waals surface area contributed by atoms with Gasteiger partial charge in [-0.25, -0.2) is 4.98 Å². The van der Waals surface area contributed by atoms with Crippen LogP contribution in [-0.4, -0.2) is 38.1 Å². The van der Waals surface area contributed by atoms with Crippen LogP contribution < -0.4 is 4.90 Å². The van der Waals surface area contributed by atoms with E-state index in [4.69, 9.17) is 4.74 Å². The summed E-state index contributed by atoms with van der Waals surface area (Å²) in [6.45, 7) is 3.18. The van der Waals surface area contributed by atoms with Crippen molar-refractivity contribution < 1.29 is 9.53 Å². The molecular formula is C12H18N2O2. The van der Waals surface area contributed by atoms with Gasteiger partial charge >= 0.3 is 0 Å². The number of pyridine rings is 1. The lowest BCUT2D eigenvalue weighted by Crippen LogP contribution is -2.20. The molecule has 0 aliphatic carbocycles. The number of ketones is 1. The van der Waals surface area contributed by atoms with Crippen molar-refractivity contribution in [2.45, 2.75) is 13.3 Å². The third kappa shape index (κ3) is 3.62. The van der Waals surface area contributed by atoms with E-state index in [1.807, 2.05) is 18.0 Å². The molecule has 1 heterocycles. The van der Waals surface area contributed by atoms with E-state index in [9.17, 15) is 4.79 Å². The summed E-state index contributed by atoms with van der Waals surface area (Å²) in [6, 6.07) is 3.67. The maximum absolute atomic E-state index is 11.1. The lowest BCUT2D eigenvalue weighted by Gasteiger charge is -2.17. The Morgan fingerprint density at radius 2 is 2.25 bits per heavy atom. The minimum absolute atomic E-state index is 0.0427. The summed E-state index contributed by atoms with van der Waals surface area (Å²) in [7, 11) is 3.67. The van der Waals surface area contributed by atoms with Gasteiger partial charge in [0.25, 0.3) is 0 Å². The fraction of sp³-hybridized carbons (Fsp3) is 0.500. The van der Waals surface area contributed by atoms with Crippen molar-refractivity contribution >= 4 is 11.6 Å². The molecule has 0 saturated heterocycles. The molecule has 0 aliphatic rings. The van der Waals surface area contributed by atoms with Crippen LogP contribution in [0, 0.1) is 0 Å². The number of methoxy groups -OCH3 is 1. The first-order valence-corrected chi connectivity index (χ1v) is 5.32. The van der Waals surface area contributed by atoms with Gasteiger partial charge in [-0.15, -0.1) is 0 Å². The second-order valence-electron chi connectivity index (χ2n) is 3.73. The zero-order valence-electron chi connectivity index (χ0n) is 10.1. The monoisotopic (exact) mass is 222 g/mol. The number of aromatic nitrogens is 1. The molecule has 0 atom stereocenters. The first-order chi connectivity index (χ1) is 7.65. The molecule has 1 aromatic heterocycles. The van der Waals surface area contributed by atoms with E-state index in [0.717, 1.165) is 25.4 Å². The summed E-state index contributed by atoms with van der Waals surface area (Å²) in [5.41, 5.74) is 0.647. The zero-order chi connectivity index (χ0) is 12.0. The largest absolute Gasteiger partial charge is 0.385 e. The number of nitrogens with zero attached hydrogens (tertiary/aromatic N) is 2. The standard InChI is InChI=1S/C12H18N2O2/c1-10(15)11-5-6-12(13-9-11)14(2)7-4-8-16-3/h5-6,9H,4,7-8H2,1-3H3. The highest BCUT2D eigenvalue weighted by Gasteiger charge is 2.03. The predicted octanol–water partition coefficient (Wildman–Crippen LogP) is 1.76. The number of hydrogen-bond acceptors (Lipinski definition) is 4. The molecule has 0 saturated carbocycles. The Kier molecular flexibility index (Phi) is 4.92. The lowest BCUT2D eigenvalue weighted by molar-refractivity contribution is 0.101. The van der Waals surface area contributed by atoms with E-state index < -0.39 is 0 Å². The van der Waals surface area contributed by atoms with E-state index in [2.05, 4.69) is 4.98 Å². The molecule has 0 aromatic carbocycles. The average molecular weight is 222 g/mol. The quantitative estimate of drug-likeness (QED) is 0.543. The number of ether oxygens (including phenoxy) is 1. The summed E-state index contributed by atoms with van der Waals surface area (Å²) in [6.07, 6.45) is 2.58. The summed E-state index contributed by atoms with van der Waals surface area (Å²) in [4.78, 5) is 17.4. The summed E-state index contributed by atoms with van der Waals surface area (Å²) >= 11 is 0. The second kappa shape index (κ2) is 6.23.